The first-order valence-electron chi connectivity index (χ1n) is 3.27. The zero-order chi connectivity index (χ0) is 7.61. The van der Waals surface area contributed by atoms with Gasteiger partial charge in [0.25, 0.3) is 0 Å². The van der Waals surface area contributed by atoms with Crippen LogP contribution in [0.25, 0.3) is 0 Å². The van der Waals surface area contributed by atoms with Crippen molar-refractivity contribution < 1.29 is 9.31 Å². The molecule has 0 aromatic rings. The van der Waals surface area contributed by atoms with Gasteiger partial charge in [0, 0.05) is 18.6 Å². The van der Waals surface area contributed by atoms with E-state index in [-0.39, 0.29) is 5.41 Å². The largest absolute Gasteiger partial charge is 0.578 e. The van der Waals surface area contributed by atoms with Crippen LogP contribution in [0, 0.1) is 16.6 Å². The van der Waals surface area contributed by atoms with Crippen molar-refractivity contribution >= 4 is 7.12 Å². The first-order valence-corrected chi connectivity index (χ1v) is 3.27. The summed E-state index contributed by atoms with van der Waals surface area (Å²) in [7, 11) is -0.645. The Labute approximate surface area is 61.1 Å². The van der Waals surface area contributed by atoms with Gasteiger partial charge < -0.3 is 9.31 Å². The summed E-state index contributed by atoms with van der Waals surface area (Å²) >= 11 is 0. The highest BCUT2D eigenvalue weighted by Crippen LogP contribution is 2.20. The SMILES string of the molecule is CC1(C)COB(C#N)OC1. The van der Waals surface area contributed by atoms with Crippen LogP contribution < -0.4 is 0 Å². The summed E-state index contributed by atoms with van der Waals surface area (Å²) in [6, 6.07) is 0. The summed E-state index contributed by atoms with van der Waals surface area (Å²) in [6.45, 7) is 5.29. The van der Waals surface area contributed by atoms with Crippen LogP contribution in [0.4, 0.5) is 0 Å². The fraction of sp³-hybridized carbons (Fsp3) is 0.833. The Bertz CT molecular complexity index is 154. The molecule has 0 atom stereocenters. The maximum absolute atomic E-state index is 8.36. The average molecular weight is 139 g/mol. The standard InChI is InChI=1S/C6H10BNO2/c1-6(2)3-9-7(5-8)10-4-6/h3-4H2,1-2H3. The van der Waals surface area contributed by atoms with E-state index in [1.807, 2.05) is 19.8 Å². The Morgan fingerprint density at radius 3 is 2.30 bits per heavy atom. The van der Waals surface area contributed by atoms with E-state index < -0.39 is 7.12 Å². The lowest BCUT2D eigenvalue weighted by atomic mass is 9.86. The van der Waals surface area contributed by atoms with Gasteiger partial charge in [-0.2, -0.15) is 0 Å². The number of hydrogen-bond donors (Lipinski definition) is 0. The predicted molar refractivity (Wildman–Crippen MR) is 37.1 cm³/mol. The van der Waals surface area contributed by atoms with Gasteiger partial charge in [-0.25, -0.2) is 5.26 Å². The zero-order valence-electron chi connectivity index (χ0n) is 6.26. The molecule has 1 aliphatic rings. The van der Waals surface area contributed by atoms with Crippen molar-refractivity contribution in [3.63, 3.8) is 0 Å². The molecule has 0 saturated carbocycles. The monoisotopic (exact) mass is 139 g/mol. The number of hydrogen-bond acceptors (Lipinski definition) is 3. The van der Waals surface area contributed by atoms with E-state index in [1.54, 1.807) is 0 Å². The quantitative estimate of drug-likeness (QED) is 0.461. The number of rotatable bonds is 0. The molecule has 1 fully saturated rings. The zero-order valence-corrected chi connectivity index (χ0v) is 6.26. The molecule has 0 radical (unpaired) electrons. The minimum Gasteiger partial charge on any atom is -0.398 e. The van der Waals surface area contributed by atoms with E-state index >= 15 is 0 Å². The van der Waals surface area contributed by atoms with Crippen LogP contribution in [0.5, 0.6) is 0 Å². The Morgan fingerprint density at radius 2 is 1.90 bits per heavy atom. The first-order chi connectivity index (χ1) is 4.64. The number of nitrogens with zero attached hydrogens (tertiary/aromatic N) is 1. The third-order valence-corrected chi connectivity index (χ3v) is 1.36. The molecule has 1 heterocycles. The van der Waals surface area contributed by atoms with Gasteiger partial charge in [0.2, 0.25) is 0 Å². The Balaban J connectivity index is 2.40. The van der Waals surface area contributed by atoms with Crippen LogP contribution in [0.15, 0.2) is 0 Å². The van der Waals surface area contributed by atoms with Gasteiger partial charge >= 0.3 is 7.12 Å². The third kappa shape index (κ3) is 1.73. The lowest BCUT2D eigenvalue weighted by Crippen LogP contribution is -2.39. The second kappa shape index (κ2) is 2.61. The third-order valence-electron chi connectivity index (χ3n) is 1.36. The van der Waals surface area contributed by atoms with Gasteiger partial charge in [0.1, 0.15) is 0 Å². The highest BCUT2D eigenvalue weighted by atomic mass is 16.6. The molecular formula is C6H10BNO2. The molecule has 1 saturated heterocycles. The van der Waals surface area contributed by atoms with Crippen LogP contribution in [0.3, 0.4) is 0 Å². The molecule has 0 aromatic carbocycles. The van der Waals surface area contributed by atoms with Crippen molar-refractivity contribution in [3.05, 3.63) is 0 Å². The van der Waals surface area contributed by atoms with Crippen LogP contribution >= 0.6 is 0 Å². The fourth-order valence-corrected chi connectivity index (χ4v) is 0.767. The van der Waals surface area contributed by atoms with Crippen LogP contribution in [0.1, 0.15) is 13.8 Å². The molecule has 0 aromatic heterocycles. The van der Waals surface area contributed by atoms with Gasteiger partial charge in [-0.1, -0.05) is 13.8 Å². The van der Waals surface area contributed by atoms with Crippen LogP contribution in [0.2, 0.25) is 0 Å². The molecule has 54 valence electrons. The van der Waals surface area contributed by atoms with E-state index in [0.29, 0.717) is 13.2 Å². The molecule has 0 unspecified atom stereocenters. The molecule has 3 nitrogen and oxygen atoms in total. The van der Waals surface area contributed by atoms with Gasteiger partial charge in [0.05, 0.1) is 5.97 Å². The topological polar surface area (TPSA) is 42.2 Å². The molecule has 0 bridgehead atoms. The molecular weight excluding hydrogens is 129 g/mol. The summed E-state index contributed by atoms with van der Waals surface area (Å²) < 4.78 is 10.1. The molecule has 10 heavy (non-hydrogen) atoms. The first kappa shape index (κ1) is 7.58. The average Bonchev–Trinajstić information content (AvgIpc) is 1.88. The Kier molecular flexibility index (Phi) is 1.98. The van der Waals surface area contributed by atoms with Crippen molar-refractivity contribution in [2.24, 2.45) is 5.41 Å². The normalized spacial score (nSPS) is 23.9. The Hall–Kier alpha value is -0.525. The van der Waals surface area contributed by atoms with Gasteiger partial charge in [-0.15, -0.1) is 0 Å². The van der Waals surface area contributed by atoms with E-state index in [9.17, 15) is 0 Å². The lowest BCUT2D eigenvalue weighted by Gasteiger charge is -2.30. The van der Waals surface area contributed by atoms with E-state index in [0.717, 1.165) is 0 Å². The van der Waals surface area contributed by atoms with Crippen molar-refractivity contribution in [1.29, 1.82) is 5.26 Å². The molecule has 0 aliphatic carbocycles. The Morgan fingerprint density at radius 1 is 1.40 bits per heavy atom. The molecule has 0 N–H and O–H groups in total. The van der Waals surface area contributed by atoms with Gasteiger partial charge in [-0.3, -0.25) is 0 Å². The van der Waals surface area contributed by atoms with Crippen molar-refractivity contribution in [2.75, 3.05) is 13.2 Å². The maximum Gasteiger partial charge on any atom is 0.578 e. The van der Waals surface area contributed by atoms with Crippen molar-refractivity contribution in [1.82, 2.24) is 0 Å². The van der Waals surface area contributed by atoms with Gasteiger partial charge in [-0.05, 0) is 0 Å². The predicted octanol–water partition coefficient (Wildman–Crippen LogP) is 0.610. The summed E-state index contributed by atoms with van der Waals surface area (Å²) in [5, 5.41) is 8.36. The minimum atomic E-state index is -0.645. The second-order valence-corrected chi connectivity index (χ2v) is 3.25. The highest BCUT2D eigenvalue weighted by molar-refractivity contribution is 6.53. The van der Waals surface area contributed by atoms with Gasteiger partial charge in [0.15, 0.2) is 0 Å². The maximum atomic E-state index is 8.36. The molecule has 1 rings (SSSR count). The summed E-state index contributed by atoms with van der Waals surface area (Å²) in [4.78, 5) is 0. The van der Waals surface area contributed by atoms with Crippen LogP contribution in [-0.2, 0) is 9.31 Å². The van der Waals surface area contributed by atoms with Crippen molar-refractivity contribution in [2.45, 2.75) is 13.8 Å². The summed E-state index contributed by atoms with van der Waals surface area (Å²) in [5.41, 5.74) is 0.0628. The summed E-state index contributed by atoms with van der Waals surface area (Å²) in [6.07, 6.45) is 0. The smallest absolute Gasteiger partial charge is 0.398 e. The molecule has 4 heteroatoms. The minimum absolute atomic E-state index is 0.0628. The van der Waals surface area contributed by atoms with E-state index in [2.05, 4.69) is 0 Å². The molecule has 0 amide bonds. The van der Waals surface area contributed by atoms with Crippen LogP contribution in [-0.4, -0.2) is 20.3 Å². The highest BCUT2D eigenvalue weighted by Gasteiger charge is 2.32. The fourth-order valence-electron chi connectivity index (χ4n) is 0.767. The summed E-state index contributed by atoms with van der Waals surface area (Å²) in [5.74, 6) is 1.90. The molecule has 0 spiro atoms. The molecule has 1 aliphatic heterocycles. The number of nitriles is 1. The van der Waals surface area contributed by atoms with E-state index in [1.165, 1.54) is 0 Å². The lowest BCUT2D eigenvalue weighted by molar-refractivity contribution is 0.0345. The van der Waals surface area contributed by atoms with Crippen molar-refractivity contribution in [3.8, 4) is 5.97 Å². The van der Waals surface area contributed by atoms with E-state index in [4.69, 9.17) is 14.6 Å². The second-order valence-electron chi connectivity index (χ2n) is 3.25.